The van der Waals surface area contributed by atoms with Crippen LogP contribution in [-0.4, -0.2) is 30.6 Å². The summed E-state index contributed by atoms with van der Waals surface area (Å²) in [5.41, 5.74) is 6.95. The topological polar surface area (TPSA) is 58.4 Å². The lowest BCUT2D eigenvalue weighted by atomic mass is 9.81. The number of rotatable bonds is 3. The summed E-state index contributed by atoms with van der Waals surface area (Å²) in [6.07, 6.45) is 7.16. The molecular weight excluding hydrogens is 345 g/mol. The number of hydrogen-bond donors (Lipinski definition) is 2. The van der Waals surface area contributed by atoms with Crippen LogP contribution < -0.4 is 16.0 Å². The number of hydrogen-bond acceptors (Lipinski definition) is 3. The number of halogens is 2. The van der Waals surface area contributed by atoms with E-state index in [1.54, 1.807) is 0 Å². The number of nitrogens with zero attached hydrogens (tertiary/aromatic N) is 1. The van der Waals surface area contributed by atoms with Crippen LogP contribution in [0.3, 0.4) is 0 Å². The van der Waals surface area contributed by atoms with Gasteiger partial charge in [-0.2, -0.15) is 0 Å². The molecule has 1 aromatic carbocycles. The predicted molar refractivity (Wildman–Crippen MR) is 104 cm³/mol. The number of nitrogens with two attached hydrogens (primary N) is 1. The summed E-state index contributed by atoms with van der Waals surface area (Å²) in [6.45, 7) is 1.94. The van der Waals surface area contributed by atoms with E-state index in [4.69, 9.17) is 5.73 Å². The van der Waals surface area contributed by atoms with Crippen molar-refractivity contribution in [1.29, 1.82) is 0 Å². The van der Waals surface area contributed by atoms with Gasteiger partial charge in [-0.1, -0.05) is 37.5 Å². The molecule has 0 aromatic heterocycles. The van der Waals surface area contributed by atoms with E-state index >= 15 is 0 Å². The van der Waals surface area contributed by atoms with Crippen LogP contribution in [0.4, 0.5) is 5.69 Å². The van der Waals surface area contributed by atoms with Crippen molar-refractivity contribution in [3.8, 4) is 0 Å². The largest absolute Gasteiger partial charge is 0.369 e. The molecule has 1 amide bonds. The average molecular weight is 374 g/mol. The lowest BCUT2D eigenvalue weighted by Gasteiger charge is -2.38. The van der Waals surface area contributed by atoms with Gasteiger partial charge in [0, 0.05) is 24.8 Å². The van der Waals surface area contributed by atoms with Gasteiger partial charge in [0.25, 0.3) is 0 Å². The lowest BCUT2D eigenvalue weighted by Crippen LogP contribution is -2.59. The van der Waals surface area contributed by atoms with Gasteiger partial charge < -0.3 is 16.0 Å². The minimum Gasteiger partial charge on any atom is -0.369 e. The molecule has 2 fully saturated rings. The molecule has 4 nitrogen and oxygen atoms in total. The van der Waals surface area contributed by atoms with Crippen LogP contribution in [0.5, 0.6) is 0 Å². The fourth-order valence-corrected chi connectivity index (χ4v) is 3.71. The molecule has 3 N–H and O–H groups in total. The number of para-hydroxylation sites is 1. The Hall–Kier alpha value is -0.970. The first-order valence-electron chi connectivity index (χ1n) is 8.57. The van der Waals surface area contributed by atoms with Gasteiger partial charge in [0.1, 0.15) is 0 Å². The molecule has 1 aromatic rings. The fraction of sp³-hybridized carbons (Fsp3) is 0.611. The summed E-state index contributed by atoms with van der Waals surface area (Å²) in [7, 11) is 0. The van der Waals surface area contributed by atoms with Gasteiger partial charge in [-0.15, -0.1) is 24.8 Å². The van der Waals surface area contributed by atoms with Gasteiger partial charge in [0.15, 0.2) is 0 Å². The Labute approximate surface area is 157 Å². The maximum atomic E-state index is 12.6. The van der Waals surface area contributed by atoms with Crippen molar-refractivity contribution in [2.75, 3.05) is 18.0 Å². The average Bonchev–Trinajstić information content (AvgIpc) is 2.56. The number of carbonyl (C=O) groups excluding carboxylic acids is 1. The first-order chi connectivity index (χ1) is 10.7. The van der Waals surface area contributed by atoms with Crippen molar-refractivity contribution in [1.82, 2.24) is 5.32 Å². The summed E-state index contributed by atoms with van der Waals surface area (Å²) < 4.78 is 0. The van der Waals surface area contributed by atoms with E-state index < -0.39 is 5.54 Å². The summed E-state index contributed by atoms with van der Waals surface area (Å²) >= 11 is 0. The molecule has 1 saturated carbocycles. The molecule has 0 bridgehead atoms. The predicted octanol–water partition coefficient (Wildman–Crippen LogP) is 3.28. The first-order valence-corrected chi connectivity index (χ1v) is 8.57. The second-order valence-corrected chi connectivity index (χ2v) is 6.81. The Kier molecular flexibility index (Phi) is 8.34. The number of piperidine rings is 1. The molecular formula is C18H29Cl2N3O. The van der Waals surface area contributed by atoms with Gasteiger partial charge in [-0.05, 0) is 37.8 Å². The smallest absolute Gasteiger partial charge is 0.240 e. The van der Waals surface area contributed by atoms with E-state index in [1.807, 2.05) is 6.07 Å². The zero-order valence-electron chi connectivity index (χ0n) is 14.1. The summed E-state index contributed by atoms with van der Waals surface area (Å²) in [4.78, 5) is 14.9. The molecule has 1 atom stereocenters. The third-order valence-corrected chi connectivity index (χ3v) is 5.08. The standard InChI is InChI=1S/C18H27N3O.2ClH/c19-18(11-5-2-6-12-18)17(22)20-15-8-7-13-21(14-15)16-9-3-1-4-10-16;;/h1,3-4,9-10,15H,2,5-8,11-14,19H2,(H,20,22);2*1H. The highest BCUT2D eigenvalue weighted by molar-refractivity contribution is 5.86. The van der Waals surface area contributed by atoms with Crippen molar-refractivity contribution >= 4 is 36.4 Å². The number of benzene rings is 1. The minimum atomic E-state index is -0.632. The molecule has 0 spiro atoms. The van der Waals surface area contributed by atoms with Crippen molar-refractivity contribution in [2.24, 2.45) is 5.73 Å². The quantitative estimate of drug-likeness (QED) is 0.854. The lowest BCUT2D eigenvalue weighted by molar-refractivity contribution is -0.128. The van der Waals surface area contributed by atoms with Gasteiger partial charge in [-0.3, -0.25) is 4.79 Å². The van der Waals surface area contributed by atoms with Crippen molar-refractivity contribution in [2.45, 2.75) is 56.5 Å². The molecule has 3 rings (SSSR count). The number of nitrogens with one attached hydrogen (secondary N) is 1. The Morgan fingerprint density at radius 1 is 1.08 bits per heavy atom. The minimum absolute atomic E-state index is 0. The third kappa shape index (κ3) is 5.01. The molecule has 0 radical (unpaired) electrons. The Bertz CT molecular complexity index is 506. The third-order valence-electron chi connectivity index (χ3n) is 5.08. The van der Waals surface area contributed by atoms with Crippen LogP contribution in [0.25, 0.3) is 0 Å². The van der Waals surface area contributed by atoms with Crippen LogP contribution in [0.1, 0.15) is 44.9 Å². The van der Waals surface area contributed by atoms with Gasteiger partial charge in [0.2, 0.25) is 5.91 Å². The Morgan fingerprint density at radius 2 is 1.75 bits per heavy atom. The summed E-state index contributed by atoms with van der Waals surface area (Å²) in [5.74, 6) is 0.0621. The molecule has 136 valence electrons. The highest BCUT2D eigenvalue weighted by Crippen LogP contribution is 2.27. The van der Waals surface area contributed by atoms with Gasteiger partial charge >= 0.3 is 0 Å². The highest BCUT2D eigenvalue weighted by Gasteiger charge is 2.36. The van der Waals surface area contributed by atoms with Crippen LogP contribution in [-0.2, 0) is 4.79 Å². The van der Waals surface area contributed by atoms with Crippen LogP contribution in [0, 0.1) is 0 Å². The highest BCUT2D eigenvalue weighted by atomic mass is 35.5. The van der Waals surface area contributed by atoms with E-state index in [0.29, 0.717) is 0 Å². The number of carbonyl (C=O) groups is 1. The fourth-order valence-electron chi connectivity index (χ4n) is 3.71. The monoisotopic (exact) mass is 373 g/mol. The van der Waals surface area contributed by atoms with E-state index in [-0.39, 0.29) is 36.8 Å². The normalized spacial score (nSPS) is 22.7. The van der Waals surface area contributed by atoms with E-state index in [0.717, 1.165) is 51.6 Å². The van der Waals surface area contributed by atoms with Crippen LogP contribution >= 0.6 is 24.8 Å². The first kappa shape index (κ1) is 21.1. The maximum Gasteiger partial charge on any atom is 0.240 e. The maximum absolute atomic E-state index is 12.6. The zero-order chi connectivity index (χ0) is 15.4. The Balaban J connectivity index is 0.00000144. The van der Waals surface area contributed by atoms with Gasteiger partial charge in [-0.25, -0.2) is 0 Å². The molecule has 1 aliphatic carbocycles. The van der Waals surface area contributed by atoms with Crippen LogP contribution in [0.2, 0.25) is 0 Å². The summed E-state index contributed by atoms with van der Waals surface area (Å²) in [6, 6.07) is 10.6. The number of anilines is 1. The van der Waals surface area contributed by atoms with Crippen molar-refractivity contribution in [3.63, 3.8) is 0 Å². The second kappa shape index (κ2) is 9.50. The Morgan fingerprint density at radius 3 is 2.42 bits per heavy atom. The molecule has 1 heterocycles. The molecule has 1 saturated heterocycles. The van der Waals surface area contributed by atoms with Crippen molar-refractivity contribution in [3.05, 3.63) is 30.3 Å². The van der Waals surface area contributed by atoms with Crippen LogP contribution in [0.15, 0.2) is 30.3 Å². The molecule has 2 aliphatic rings. The molecule has 1 aliphatic heterocycles. The molecule has 1 unspecified atom stereocenters. The molecule has 24 heavy (non-hydrogen) atoms. The molecule has 6 heteroatoms. The SMILES string of the molecule is Cl.Cl.NC1(C(=O)NC2CCCN(c3ccccc3)C2)CCCCC1. The zero-order valence-corrected chi connectivity index (χ0v) is 15.7. The summed E-state index contributed by atoms with van der Waals surface area (Å²) in [5, 5.41) is 3.22. The van der Waals surface area contributed by atoms with E-state index in [2.05, 4.69) is 34.5 Å². The van der Waals surface area contributed by atoms with E-state index in [1.165, 1.54) is 12.1 Å². The number of amides is 1. The second-order valence-electron chi connectivity index (χ2n) is 6.81. The van der Waals surface area contributed by atoms with Crippen molar-refractivity contribution < 1.29 is 4.79 Å². The van der Waals surface area contributed by atoms with Gasteiger partial charge in [0.05, 0.1) is 5.54 Å². The van der Waals surface area contributed by atoms with E-state index in [9.17, 15) is 4.79 Å².